The Hall–Kier alpha value is -4.62. The van der Waals surface area contributed by atoms with Crippen LogP contribution in [0.15, 0.2) is 121 Å². The molecule has 1 aromatic heterocycles. The minimum atomic E-state index is 0.143. The maximum Gasteiger partial charge on any atom is 0.0620 e. The summed E-state index contributed by atoms with van der Waals surface area (Å²) in [4.78, 5) is 0. The molecule has 0 aliphatic heterocycles. The van der Waals surface area contributed by atoms with Gasteiger partial charge < -0.3 is 4.57 Å². The first-order valence-electron chi connectivity index (χ1n) is 13.8. The lowest BCUT2D eigenvalue weighted by Crippen LogP contribution is -2.10. The molecule has 0 spiro atoms. The van der Waals surface area contributed by atoms with Gasteiger partial charge in [-0.25, -0.2) is 0 Å². The number of hydrogen-bond acceptors (Lipinski definition) is 0. The normalized spacial score (nSPS) is 12.5. The van der Waals surface area contributed by atoms with Crippen LogP contribution in [0, 0.1) is 0 Å². The van der Waals surface area contributed by atoms with E-state index in [1.54, 1.807) is 0 Å². The molecule has 0 aliphatic carbocycles. The molecule has 1 heteroatoms. The van der Waals surface area contributed by atoms with E-state index in [9.17, 15) is 0 Å². The van der Waals surface area contributed by atoms with Crippen LogP contribution in [-0.4, -0.2) is 4.57 Å². The Morgan fingerprint density at radius 2 is 1.18 bits per heavy atom. The molecule has 8 aromatic rings. The van der Waals surface area contributed by atoms with Gasteiger partial charge in [-0.3, -0.25) is 0 Å². The number of benzene rings is 7. The smallest absolute Gasteiger partial charge is 0.0620 e. The van der Waals surface area contributed by atoms with Crippen LogP contribution in [-0.2, 0) is 5.41 Å². The SMILES string of the molecule is CC(C)(C)c1ccc(-c2ccc3ccc4c5c(ccc2c35)cc2c3ccccc3n(-c3ccccc3)c24)cc1. The van der Waals surface area contributed by atoms with Crippen molar-refractivity contribution in [2.24, 2.45) is 0 Å². The van der Waals surface area contributed by atoms with Crippen LogP contribution < -0.4 is 0 Å². The molecule has 186 valence electrons. The van der Waals surface area contributed by atoms with Crippen molar-refractivity contribution in [1.29, 1.82) is 0 Å². The second-order valence-electron chi connectivity index (χ2n) is 11.8. The van der Waals surface area contributed by atoms with E-state index in [0.29, 0.717) is 0 Å². The van der Waals surface area contributed by atoms with Gasteiger partial charge in [0.1, 0.15) is 0 Å². The van der Waals surface area contributed by atoms with Gasteiger partial charge in [-0.05, 0) is 73.3 Å². The molecule has 0 saturated carbocycles. The third kappa shape index (κ3) is 3.20. The molecule has 0 amide bonds. The zero-order chi connectivity index (χ0) is 26.3. The molecule has 7 aromatic carbocycles. The van der Waals surface area contributed by atoms with Crippen LogP contribution in [0.1, 0.15) is 26.3 Å². The zero-order valence-electron chi connectivity index (χ0n) is 22.5. The molecule has 8 rings (SSSR count). The summed E-state index contributed by atoms with van der Waals surface area (Å²) < 4.78 is 2.45. The van der Waals surface area contributed by atoms with Gasteiger partial charge in [-0.1, -0.05) is 118 Å². The van der Waals surface area contributed by atoms with Gasteiger partial charge in [0.15, 0.2) is 0 Å². The predicted octanol–water partition coefficient (Wildman–Crippen LogP) is 10.6. The minimum absolute atomic E-state index is 0.143. The van der Waals surface area contributed by atoms with E-state index >= 15 is 0 Å². The van der Waals surface area contributed by atoms with E-state index in [2.05, 4.69) is 147 Å². The van der Waals surface area contributed by atoms with Crippen molar-refractivity contribution in [3.8, 4) is 16.8 Å². The molecule has 1 nitrogen and oxygen atoms in total. The average Bonchev–Trinajstić information content (AvgIpc) is 3.30. The first kappa shape index (κ1) is 22.4. The summed E-state index contributed by atoms with van der Waals surface area (Å²) in [5, 5.41) is 10.5. The van der Waals surface area contributed by atoms with Crippen LogP contribution in [0.2, 0.25) is 0 Å². The molecule has 39 heavy (non-hydrogen) atoms. The van der Waals surface area contributed by atoms with E-state index in [1.807, 2.05) is 0 Å². The highest BCUT2D eigenvalue weighted by molar-refractivity contribution is 6.32. The molecular formula is C38H29N. The zero-order valence-corrected chi connectivity index (χ0v) is 22.5. The lowest BCUT2D eigenvalue weighted by molar-refractivity contribution is 0.590. The Balaban J connectivity index is 1.49. The fraction of sp³-hybridized carbons (Fsp3) is 0.105. The lowest BCUT2D eigenvalue weighted by atomic mass is 9.85. The van der Waals surface area contributed by atoms with Gasteiger partial charge in [0.2, 0.25) is 0 Å². The fourth-order valence-corrected chi connectivity index (χ4v) is 6.57. The largest absolute Gasteiger partial charge is 0.309 e. The fourth-order valence-electron chi connectivity index (χ4n) is 6.57. The summed E-state index contributed by atoms with van der Waals surface area (Å²) in [6, 6.07) is 45.0. The Bertz CT molecular complexity index is 2170. The van der Waals surface area contributed by atoms with Gasteiger partial charge in [0.05, 0.1) is 11.0 Å². The summed E-state index contributed by atoms with van der Waals surface area (Å²) in [6.45, 7) is 6.81. The van der Waals surface area contributed by atoms with Crippen LogP contribution in [0.5, 0.6) is 0 Å². The van der Waals surface area contributed by atoms with Crippen LogP contribution >= 0.6 is 0 Å². The molecule has 0 unspecified atom stereocenters. The number of nitrogens with zero attached hydrogens (tertiary/aromatic N) is 1. The van der Waals surface area contributed by atoms with E-state index in [-0.39, 0.29) is 5.41 Å². The second-order valence-corrected chi connectivity index (χ2v) is 11.8. The number of rotatable bonds is 2. The standard InChI is InChI=1S/C38H29N/c1-38(2,3)27-18-13-24(14-19-27)29-20-15-25-16-22-32-36-26(17-21-31(29)35(25)36)23-33-30-11-7-8-12-34(30)39(37(32)33)28-9-5-4-6-10-28/h4-23H,1-3H3. The van der Waals surface area contributed by atoms with E-state index in [4.69, 9.17) is 0 Å². The molecule has 0 saturated heterocycles. The van der Waals surface area contributed by atoms with Crippen molar-refractivity contribution in [3.05, 3.63) is 127 Å². The first-order chi connectivity index (χ1) is 19.0. The third-order valence-electron chi connectivity index (χ3n) is 8.49. The monoisotopic (exact) mass is 499 g/mol. The summed E-state index contributed by atoms with van der Waals surface area (Å²) in [5.74, 6) is 0. The summed E-state index contributed by atoms with van der Waals surface area (Å²) in [6.07, 6.45) is 0. The van der Waals surface area contributed by atoms with E-state index < -0.39 is 0 Å². The Morgan fingerprint density at radius 3 is 1.97 bits per heavy atom. The average molecular weight is 500 g/mol. The molecule has 0 bridgehead atoms. The van der Waals surface area contributed by atoms with Crippen molar-refractivity contribution < 1.29 is 0 Å². The van der Waals surface area contributed by atoms with Crippen molar-refractivity contribution in [3.63, 3.8) is 0 Å². The molecule has 0 aliphatic rings. The third-order valence-corrected chi connectivity index (χ3v) is 8.49. The highest BCUT2D eigenvalue weighted by Gasteiger charge is 2.20. The number of aromatic nitrogens is 1. The number of hydrogen-bond donors (Lipinski definition) is 0. The summed E-state index contributed by atoms with van der Waals surface area (Å²) in [5.41, 5.74) is 7.78. The summed E-state index contributed by atoms with van der Waals surface area (Å²) in [7, 11) is 0. The number of fused-ring (bicyclic) bond motifs is 4. The Labute approximate surface area is 228 Å². The van der Waals surface area contributed by atoms with Crippen molar-refractivity contribution in [2.75, 3.05) is 0 Å². The molecule has 0 atom stereocenters. The highest BCUT2D eigenvalue weighted by atomic mass is 15.0. The quantitative estimate of drug-likeness (QED) is 0.208. The molecule has 0 N–H and O–H groups in total. The molecular weight excluding hydrogens is 470 g/mol. The molecule has 0 radical (unpaired) electrons. The Kier molecular flexibility index (Phi) is 4.56. The maximum absolute atomic E-state index is 2.45. The number of para-hydroxylation sites is 2. The van der Waals surface area contributed by atoms with Crippen molar-refractivity contribution in [1.82, 2.24) is 4.57 Å². The van der Waals surface area contributed by atoms with Crippen molar-refractivity contribution >= 4 is 54.1 Å². The minimum Gasteiger partial charge on any atom is -0.309 e. The predicted molar refractivity (Wildman–Crippen MR) is 169 cm³/mol. The van der Waals surface area contributed by atoms with Gasteiger partial charge in [0.25, 0.3) is 0 Å². The maximum atomic E-state index is 2.45. The van der Waals surface area contributed by atoms with Gasteiger partial charge in [0, 0.05) is 21.8 Å². The van der Waals surface area contributed by atoms with Crippen molar-refractivity contribution in [2.45, 2.75) is 26.2 Å². The van der Waals surface area contributed by atoms with E-state index in [1.165, 1.54) is 76.5 Å². The summed E-state index contributed by atoms with van der Waals surface area (Å²) >= 11 is 0. The molecule has 1 heterocycles. The van der Waals surface area contributed by atoms with Crippen LogP contribution in [0.25, 0.3) is 70.9 Å². The first-order valence-corrected chi connectivity index (χ1v) is 13.8. The topological polar surface area (TPSA) is 4.93 Å². The van der Waals surface area contributed by atoms with E-state index in [0.717, 1.165) is 0 Å². The second kappa shape index (κ2) is 7.94. The molecule has 0 fully saturated rings. The van der Waals surface area contributed by atoms with Gasteiger partial charge >= 0.3 is 0 Å². The lowest BCUT2D eigenvalue weighted by Gasteiger charge is -2.20. The van der Waals surface area contributed by atoms with Gasteiger partial charge in [-0.15, -0.1) is 0 Å². The van der Waals surface area contributed by atoms with Crippen LogP contribution in [0.3, 0.4) is 0 Å². The van der Waals surface area contributed by atoms with Crippen LogP contribution in [0.4, 0.5) is 0 Å². The Morgan fingerprint density at radius 1 is 0.513 bits per heavy atom. The van der Waals surface area contributed by atoms with Gasteiger partial charge in [-0.2, -0.15) is 0 Å². The highest BCUT2D eigenvalue weighted by Crippen LogP contribution is 2.44.